The Labute approximate surface area is 217 Å². The van der Waals surface area contributed by atoms with E-state index < -0.39 is 0 Å². The molecule has 0 saturated carbocycles. The molecule has 0 bridgehead atoms. The molecule has 4 aromatic heterocycles. The summed E-state index contributed by atoms with van der Waals surface area (Å²) in [6, 6.07) is 15.7. The molecule has 2 aromatic carbocycles. The number of fused-ring (bicyclic) bond motifs is 2. The lowest BCUT2D eigenvalue weighted by Gasteiger charge is -2.17. The molecule has 0 radical (unpaired) electrons. The monoisotopic (exact) mass is 506 g/mol. The second-order valence-corrected chi connectivity index (χ2v) is 9.28. The van der Waals surface area contributed by atoms with Gasteiger partial charge in [-0.05, 0) is 42.5 Å². The number of para-hydroxylation sites is 1. The molecule has 0 atom stereocenters. The average molecular weight is 507 g/mol. The molecule has 190 valence electrons. The number of nitrogens with zero attached hydrogens (tertiary/aromatic N) is 7. The number of benzene rings is 2. The molecular formula is C28H26N8O2. The first kappa shape index (κ1) is 23.6. The normalized spacial score (nSPS) is 11.6. The van der Waals surface area contributed by atoms with Crippen molar-refractivity contribution in [3.63, 3.8) is 0 Å². The van der Waals surface area contributed by atoms with Crippen LogP contribution in [0.2, 0.25) is 0 Å². The maximum Gasteiger partial charge on any atom is 0.263 e. The zero-order valence-electron chi connectivity index (χ0n) is 21.0. The number of aromatic nitrogens is 7. The van der Waals surface area contributed by atoms with Gasteiger partial charge < -0.3 is 10.8 Å². The maximum absolute atomic E-state index is 14.0. The first-order valence-corrected chi connectivity index (χ1v) is 12.3. The zero-order chi connectivity index (χ0) is 26.4. The molecule has 0 unspecified atom stereocenters. The van der Waals surface area contributed by atoms with Crippen LogP contribution in [0.4, 0.5) is 5.82 Å². The van der Waals surface area contributed by atoms with Gasteiger partial charge in [0.2, 0.25) is 0 Å². The molecule has 0 amide bonds. The van der Waals surface area contributed by atoms with Gasteiger partial charge in [-0.25, -0.2) is 14.6 Å². The van der Waals surface area contributed by atoms with E-state index in [9.17, 15) is 9.90 Å². The minimum atomic E-state index is -0.0824. The number of nitrogen functional groups attached to an aromatic ring is 1. The second kappa shape index (κ2) is 9.24. The molecule has 10 heteroatoms. The van der Waals surface area contributed by atoms with E-state index in [1.165, 1.54) is 6.33 Å². The summed E-state index contributed by atoms with van der Waals surface area (Å²) in [5.41, 5.74) is 11.6. The Balaban J connectivity index is 1.59. The molecule has 0 aliphatic heterocycles. The predicted molar refractivity (Wildman–Crippen MR) is 146 cm³/mol. The molecule has 0 aliphatic rings. The quantitative estimate of drug-likeness (QED) is 0.355. The number of hydrogen-bond donors (Lipinski definition) is 2. The third kappa shape index (κ3) is 3.82. The molecule has 10 nitrogen and oxygen atoms in total. The minimum Gasteiger partial charge on any atom is -0.394 e. The van der Waals surface area contributed by atoms with Gasteiger partial charge in [0, 0.05) is 17.5 Å². The Bertz CT molecular complexity index is 1880. The number of hydrogen-bond acceptors (Lipinski definition) is 7. The van der Waals surface area contributed by atoms with Crippen LogP contribution >= 0.6 is 0 Å². The van der Waals surface area contributed by atoms with E-state index in [1.807, 2.05) is 62.4 Å². The summed E-state index contributed by atoms with van der Waals surface area (Å²) in [7, 11) is 0. The third-order valence-corrected chi connectivity index (χ3v) is 6.79. The van der Waals surface area contributed by atoms with Crippen molar-refractivity contribution in [1.82, 2.24) is 34.1 Å². The van der Waals surface area contributed by atoms with Crippen LogP contribution in [0.3, 0.4) is 0 Å². The van der Waals surface area contributed by atoms with Gasteiger partial charge in [-0.1, -0.05) is 36.4 Å². The lowest BCUT2D eigenvalue weighted by atomic mass is 10.1. The topological polar surface area (TPSA) is 130 Å². The highest BCUT2D eigenvalue weighted by atomic mass is 16.3. The average Bonchev–Trinajstić information content (AvgIpc) is 3.51. The van der Waals surface area contributed by atoms with E-state index in [0.717, 1.165) is 33.5 Å². The number of anilines is 1. The molecule has 0 spiro atoms. The molecule has 3 N–H and O–H groups in total. The number of rotatable bonds is 6. The van der Waals surface area contributed by atoms with Gasteiger partial charge in [-0.15, -0.1) is 0 Å². The number of nitrogens with two attached hydrogens (primary N) is 1. The minimum absolute atomic E-state index is 0.0283. The van der Waals surface area contributed by atoms with Gasteiger partial charge in [0.05, 0.1) is 42.4 Å². The number of pyridine rings is 1. The van der Waals surface area contributed by atoms with Crippen LogP contribution in [0.25, 0.3) is 38.8 Å². The van der Waals surface area contributed by atoms with E-state index >= 15 is 0 Å². The first-order chi connectivity index (χ1) is 18.5. The second-order valence-electron chi connectivity index (χ2n) is 9.28. The molecule has 38 heavy (non-hydrogen) atoms. The summed E-state index contributed by atoms with van der Waals surface area (Å²) in [6.45, 7) is 4.55. The van der Waals surface area contributed by atoms with Gasteiger partial charge in [0.1, 0.15) is 17.8 Å². The highest BCUT2D eigenvalue weighted by Gasteiger charge is 2.21. The fraction of sp³-hybridized carbons (Fsp3) is 0.179. The zero-order valence-corrected chi connectivity index (χ0v) is 21.0. The van der Waals surface area contributed by atoms with Crippen molar-refractivity contribution in [2.45, 2.75) is 26.9 Å². The Kier molecular flexibility index (Phi) is 5.73. The summed E-state index contributed by atoms with van der Waals surface area (Å²) in [5.74, 6) is 0.302. The number of aliphatic hydroxyl groups excluding tert-OH is 1. The van der Waals surface area contributed by atoms with Crippen molar-refractivity contribution in [2.75, 3.05) is 12.3 Å². The van der Waals surface area contributed by atoms with Crippen LogP contribution < -0.4 is 11.3 Å². The Hall–Kier alpha value is -4.83. The Morgan fingerprint density at radius 2 is 1.82 bits per heavy atom. The highest BCUT2D eigenvalue weighted by Crippen LogP contribution is 2.31. The molecule has 6 aromatic rings. The largest absolute Gasteiger partial charge is 0.394 e. The van der Waals surface area contributed by atoms with Crippen LogP contribution in [-0.4, -0.2) is 45.8 Å². The van der Waals surface area contributed by atoms with Crippen molar-refractivity contribution in [2.24, 2.45) is 0 Å². The van der Waals surface area contributed by atoms with E-state index in [1.54, 1.807) is 26.3 Å². The Morgan fingerprint density at radius 1 is 1.00 bits per heavy atom. The highest BCUT2D eigenvalue weighted by molar-refractivity contribution is 5.98. The smallest absolute Gasteiger partial charge is 0.263 e. The van der Waals surface area contributed by atoms with Crippen LogP contribution in [0.15, 0.2) is 72.0 Å². The van der Waals surface area contributed by atoms with Crippen LogP contribution in [0, 0.1) is 13.8 Å². The lowest BCUT2D eigenvalue weighted by molar-refractivity contribution is 0.269. The predicted octanol–water partition coefficient (Wildman–Crippen LogP) is 3.23. The summed E-state index contributed by atoms with van der Waals surface area (Å²) >= 11 is 0. The summed E-state index contributed by atoms with van der Waals surface area (Å²) in [4.78, 5) is 22.7. The van der Waals surface area contributed by atoms with Gasteiger partial charge in [0.15, 0.2) is 5.65 Å². The van der Waals surface area contributed by atoms with Gasteiger partial charge in [0.25, 0.3) is 5.56 Å². The van der Waals surface area contributed by atoms with Crippen LogP contribution in [-0.2, 0) is 13.1 Å². The standard InChI is InChI=1S/C28H26N8O2/c1-17-6-3-4-9-22(17)36-21(12-19-8-5-7-18(2)23(19)28(36)38)15-35-27-24(26(29)30-16-31-27)25(33-35)20-13-32-34(14-20)10-11-37/h3-9,12-14,16,37H,10-11,15H2,1-2H3,(H2,29,30,31). The fourth-order valence-electron chi connectivity index (χ4n) is 4.99. The van der Waals surface area contributed by atoms with E-state index in [-0.39, 0.29) is 18.7 Å². The van der Waals surface area contributed by atoms with E-state index in [2.05, 4.69) is 15.1 Å². The van der Waals surface area contributed by atoms with Crippen molar-refractivity contribution in [3.05, 3.63) is 94.4 Å². The summed E-state index contributed by atoms with van der Waals surface area (Å²) in [5, 5.41) is 20.6. The van der Waals surface area contributed by atoms with Crippen molar-refractivity contribution in [1.29, 1.82) is 0 Å². The summed E-state index contributed by atoms with van der Waals surface area (Å²) < 4.78 is 5.15. The van der Waals surface area contributed by atoms with Crippen molar-refractivity contribution >= 4 is 27.6 Å². The first-order valence-electron chi connectivity index (χ1n) is 12.3. The number of aryl methyl sites for hydroxylation is 2. The SMILES string of the molecule is Cc1ccccc1-n1c(Cn2nc(-c3cnn(CCO)c3)c3c(N)ncnc32)cc2cccc(C)c2c1=O. The number of aliphatic hydroxyl groups is 1. The molecule has 0 fully saturated rings. The van der Waals surface area contributed by atoms with Gasteiger partial charge in [-0.2, -0.15) is 10.2 Å². The molecular weight excluding hydrogens is 480 g/mol. The van der Waals surface area contributed by atoms with Crippen molar-refractivity contribution in [3.8, 4) is 16.9 Å². The fourth-order valence-corrected chi connectivity index (χ4v) is 4.99. The molecule has 0 saturated heterocycles. The lowest BCUT2D eigenvalue weighted by Crippen LogP contribution is -2.25. The Morgan fingerprint density at radius 3 is 2.63 bits per heavy atom. The van der Waals surface area contributed by atoms with Crippen LogP contribution in [0.5, 0.6) is 0 Å². The van der Waals surface area contributed by atoms with Crippen molar-refractivity contribution < 1.29 is 5.11 Å². The van der Waals surface area contributed by atoms with Crippen LogP contribution in [0.1, 0.15) is 16.8 Å². The van der Waals surface area contributed by atoms with Gasteiger partial charge in [-0.3, -0.25) is 14.0 Å². The summed E-state index contributed by atoms with van der Waals surface area (Å²) in [6.07, 6.45) is 4.89. The maximum atomic E-state index is 14.0. The van der Waals surface area contributed by atoms with E-state index in [4.69, 9.17) is 10.8 Å². The molecule has 4 heterocycles. The molecule has 6 rings (SSSR count). The van der Waals surface area contributed by atoms with Gasteiger partial charge >= 0.3 is 0 Å². The molecule has 0 aliphatic carbocycles. The third-order valence-electron chi connectivity index (χ3n) is 6.79. The van der Waals surface area contributed by atoms with E-state index in [0.29, 0.717) is 34.5 Å².